The standard InChI is InChI=1S/C15H16ClN5O2/c1-10(14(22)20-9-7-17-15(20)23)18-13-6-8-21(19-13)12-5-3-2-4-11(12)16/h2-6,8,10H,7,9H2,1H3,(H,17,23)(H,18,19)/t10-/m1/s1. The normalized spacial score (nSPS) is 15.4. The van der Waals surface area contributed by atoms with E-state index >= 15 is 0 Å². The van der Waals surface area contributed by atoms with Gasteiger partial charge in [-0.3, -0.25) is 9.69 Å². The maximum Gasteiger partial charge on any atom is 0.324 e. The van der Waals surface area contributed by atoms with Crippen molar-refractivity contribution >= 4 is 29.4 Å². The summed E-state index contributed by atoms with van der Waals surface area (Å²) < 4.78 is 1.63. The Balaban J connectivity index is 1.70. The summed E-state index contributed by atoms with van der Waals surface area (Å²) >= 11 is 6.14. The molecule has 3 amide bonds. The molecule has 2 heterocycles. The van der Waals surface area contributed by atoms with E-state index in [9.17, 15) is 9.59 Å². The van der Waals surface area contributed by atoms with E-state index in [2.05, 4.69) is 15.7 Å². The number of aromatic nitrogens is 2. The van der Waals surface area contributed by atoms with Crippen LogP contribution in [0.15, 0.2) is 36.5 Å². The molecule has 0 aliphatic carbocycles. The fraction of sp³-hybridized carbons (Fsp3) is 0.267. The summed E-state index contributed by atoms with van der Waals surface area (Å²) in [5, 5.41) is 10.6. The van der Waals surface area contributed by atoms with Crippen molar-refractivity contribution in [1.29, 1.82) is 0 Å². The van der Waals surface area contributed by atoms with E-state index < -0.39 is 6.04 Å². The van der Waals surface area contributed by atoms with Crippen molar-refractivity contribution in [2.75, 3.05) is 18.4 Å². The predicted octanol–water partition coefficient (Wildman–Crippen LogP) is 1.88. The molecule has 0 radical (unpaired) electrons. The van der Waals surface area contributed by atoms with Crippen molar-refractivity contribution in [3.05, 3.63) is 41.6 Å². The number of nitrogens with zero attached hydrogens (tertiary/aromatic N) is 3. The van der Waals surface area contributed by atoms with E-state index in [-0.39, 0.29) is 11.9 Å². The van der Waals surface area contributed by atoms with E-state index in [0.717, 1.165) is 5.69 Å². The van der Waals surface area contributed by atoms with Crippen LogP contribution in [-0.2, 0) is 4.79 Å². The van der Waals surface area contributed by atoms with E-state index in [0.29, 0.717) is 23.9 Å². The van der Waals surface area contributed by atoms with Crippen LogP contribution in [0.1, 0.15) is 6.92 Å². The Labute approximate surface area is 138 Å². The van der Waals surface area contributed by atoms with Crippen LogP contribution in [-0.4, -0.2) is 45.8 Å². The number of benzene rings is 1. The number of para-hydroxylation sites is 1. The lowest BCUT2D eigenvalue weighted by atomic mass is 10.3. The topological polar surface area (TPSA) is 79.3 Å². The summed E-state index contributed by atoms with van der Waals surface area (Å²) in [6.45, 7) is 2.57. The monoisotopic (exact) mass is 333 g/mol. The fourth-order valence-electron chi connectivity index (χ4n) is 2.37. The summed E-state index contributed by atoms with van der Waals surface area (Å²) in [4.78, 5) is 25.0. The minimum atomic E-state index is -0.562. The van der Waals surface area contributed by atoms with Gasteiger partial charge >= 0.3 is 6.03 Å². The van der Waals surface area contributed by atoms with Gasteiger partial charge in [-0.1, -0.05) is 23.7 Å². The molecule has 8 heteroatoms. The van der Waals surface area contributed by atoms with E-state index in [1.54, 1.807) is 29.9 Å². The van der Waals surface area contributed by atoms with Crippen LogP contribution in [0.3, 0.4) is 0 Å². The van der Waals surface area contributed by atoms with Gasteiger partial charge in [0.1, 0.15) is 11.9 Å². The molecule has 1 saturated heterocycles. The van der Waals surface area contributed by atoms with Crippen LogP contribution >= 0.6 is 11.6 Å². The highest BCUT2D eigenvalue weighted by atomic mass is 35.5. The van der Waals surface area contributed by atoms with Crippen LogP contribution < -0.4 is 10.6 Å². The summed E-state index contributed by atoms with van der Waals surface area (Å²) in [7, 11) is 0. The zero-order chi connectivity index (χ0) is 16.4. The second-order valence-electron chi connectivity index (χ2n) is 5.18. The highest BCUT2D eigenvalue weighted by Crippen LogP contribution is 2.20. The lowest BCUT2D eigenvalue weighted by molar-refractivity contribution is -0.128. The number of anilines is 1. The molecule has 0 spiro atoms. The van der Waals surface area contributed by atoms with Crippen LogP contribution in [0, 0.1) is 0 Å². The van der Waals surface area contributed by atoms with Crippen molar-refractivity contribution in [3.63, 3.8) is 0 Å². The first-order valence-electron chi connectivity index (χ1n) is 7.22. The minimum absolute atomic E-state index is 0.285. The van der Waals surface area contributed by atoms with E-state index in [4.69, 9.17) is 11.6 Å². The number of carbonyl (C=O) groups is 2. The van der Waals surface area contributed by atoms with Crippen molar-refractivity contribution in [1.82, 2.24) is 20.0 Å². The third-order valence-electron chi connectivity index (χ3n) is 3.55. The lowest BCUT2D eigenvalue weighted by Gasteiger charge is -2.18. The first kappa shape index (κ1) is 15.4. The number of imide groups is 1. The molecule has 0 saturated carbocycles. The molecule has 1 aliphatic rings. The lowest BCUT2D eigenvalue weighted by Crippen LogP contribution is -2.43. The van der Waals surface area contributed by atoms with Crippen molar-refractivity contribution in [2.24, 2.45) is 0 Å². The highest BCUT2D eigenvalue weighted by molar-refractivity contribution is 6.32. The molecule has 120 valence electrons. The third-order valence-corrected chi connectivity index (χ3v) is 3.87. The number of halogens is 1. The number of urea groups is 1. The van der Waals surface area contributed by atoms with Crippen LogP contribution in [0.5, 0.6) is 0 Å². The Kier molecular flexibility index (Phi) is 4.20. The highest BCUT2D eigenvalue weighted by Gasteiger charge is 2.29. The average molecular weight is 334 g/mol. The molecule has 23 heavy (non-hydrogen) atoms. The van der Waals surface area contributed by atoms with Gasteiger partial charge in [0.05, 0.1) is 10.7 Å². The first-order chi connectivity index (χ1) is 11.1. The predicted molar refractivity (Wildman–Crippen MR) is 86.8 cm³/mol. The largest absolute Gasteiger partial charge is 0.357 e. The molecule has 1 fully saturated rings. The molecule has 3 rings (SSSR count). The Morgan fingerprint density at radius 3 is 2.87 bits per heavy atom. The molecule has 1 aliphatic heterocycles. The fourth-order valence-corrected chi connectivity index (χ4v) is 2.59. The Morgan fingerprint density at radius 2 is 2.17 bits per heavy atom. The first-order valence-corrected chi connectivity index (χ1v) is 7.60. The van der Waals surface area contributed by atoms with Gasteiger partial charge < -0.3 is 10.6 Å². The van der Waals surface area contributed by atoms with Gasteiger partial charge in [-0.05, 0) is 19.1 Å². The number of hydrogen-bond acceptors (Lipinski definition) is 4. The van der Waals surface area contributed by atoms with Crippen molar-refractivity contribution in [2.45, 2.75) is 13.0 Å². The van der Waals surface area contributed by atoms with E-state index in [1.165, 1.54) is 4.90 Å². The molecule has 0 bridgehead atoms. The molecule has 1 aromatic heterocycles. The number of nitrogens with one attached hydrogen (secondary N) is 2. The molecule has 2 N–H and O–H groups in total. The molecular formula is C15H16ClN5O2. The van der Waals surface area contributed by atoms with Crippen molar-refractivity contribution in [3.8, 4) is 5.69 Å². The van der Waals surface area contributed by atoms with Crippen LogP contribution in [0.2, 0.25) is 5.02 Å². The summed E-state index contributed by atoms with van der Waals surface area (Å²) in [5.74, 6) is 0.248. The maximum absolute atomic E-state index is 12.2. The Bertz CT molecular complexity index is 745. The smallest absolute Gasteiger partial charge is 0.324 e. The quantitative estimate of drug-likeness (QED) is 0.895. The van der Waals surface area contributed by atoms with Crippen LogP contribution in [0.25, 0.3) is 5.69 Å². The van der Waals surface area contributed by atoms with Crippen LogP contribution in [0.4, 0.5) is 10.6 Å². The molecule has 7 nitrogen and oxygen atoms in total. The number of hydrogen-bond donors (Lipinski definition) is 2. The minimum Gasteiger partial charge on any atom is -0.357 e. The molecule has 1 aromatic carbocycles. The van der Waals surface area contributed by atoms with Gasteiger partial charge in [-0.2, -0.15) is 5.10 Å². The van der Waals surface area contributed by atoms with Gasteiger partial charge in [-0.25, -0.2) is 9.48 Å². The zero-order valence-corrected chi connectivity index (χ0v) is 13.2. The Morgan fingerprint density at radius 1 is 1.39 bits per heavy atom. The van der Waals surface area contributed by atoms with Gasteiger partial charge in [0.2, 0.25) is 0 Å². The van der Waals surface area contributed by atoms with Crippen molar-refractivity contribution < 1.29 is 9.59 Å². The molecule has 1 atom stereocenters. The summed E-state index contributed by atoms with van der Waals surface area (Å²) in [6.07, 6.45) is 1.75. The second-order valence-corrected chi connectivity index (χ2v) is 5.59. The molecule has 0 unspecified atom stereocenters. The van der Waals surface area contributed by atoms with E-state index in [1.807, 2.05) is 18.2 Å². The van der Waals surface area contributed by atoms with Gasteiger partial charge in [0, 0.05) is 25.4 Å². The number of amides is 3. The molecule has 2 aromatic rings. The second kappa shape index (κ2) is 6.29. The van der Waals surface area contributed by atoms with Gasteiger partial charge in [0.25, 0.3) is 5.91 Å². The SMILES string of the molecule is C[C@@H](Nc1ccn(-c2ccccc2Cl)n1)C(=O)N1CCNC1=O. The average Bonchev–Trinajstić information content (AvgIpc) is 3.16. The third kappa shape index (κ3) is 3.14. The summed E-state index contributed by atoms with van der Waals surface area (Å²) in [5.41, 5.74) is 0.750. The molecular weight excluding hydrogens is 318 g/mol. The van der Waals surface area contributed by atoms with Gasteiger partial charge in [0.15, 0.2) is 0 Å². The Hall–Kier alpha value is -2.54. The van der Waals surface area contributed by atoms with Gasteiger partial charge in [-0.15, -0.1) is 0 Å². The zero-order valence-electron chi connectivity index (χ0n) is 12.5. The number of carbonyl (C=O) groups excluding carboxylic acids is 2. The maximum atomic E-state index is 12.2. The number of rotatable bonds is 4. The summed E-state index contributed by atoms with van der Waals surface area (Å²) in [6, 6.07) is 8.17.